The van der Waals surface area contributed by atoms with Crippen LogP contribution in [-0.2, 0) is 13.0 Å². The van der Waals surface area contributed by atoms with Crippen molar-refractivity contribution in [2.75, 3.05) is 13.1 Å². The Labute approximate surface area is 170 Å². The van der Waals surface area contributed by atoms with E-state index in [4.69, 9.17) is 11.6 Å². The van der Waals surface area contributed by atoms with Crippen molar-refractivity contribution >= 4 is 23.3 Å². The number of benzene rings is 1. The van der Waals surface area contributed by atoms with Crippen molar-refractivity contribution in [3.63, 3.8) is 0 Å². The van der Waals surface area contributed by atoms with Crippen molar-refractivity contribution in [3.8, 4) is 0 Å². The third-order valence-corrected chi connectivity index (χ3v) is 6.01. The van der Waals surface area contributed by atoms with Gasteiger partial charge in [-0.3, -0.25) is 14.5 Å². The molecule has 0 saturated carbocycles. The van der Waals surface area contributed by atoms with Crippen LogP contribution in [0.3, 0.4) is 0 Å². The lowest BCUT2D eigenvalue weighted by molar-refractivity contribution is 0.0886. The zero-order valence-corrected chi connectivity index (χ0v) is 16.9. The van der Waals surface area contributed by atoms with Gasteiger partial charge in [-0.1, -0.05) is 23.7 Å². The highest BCUT2D eigenvalue weighted by atomic mass is 35.5. The fourth-order valence-electron chi connectivity index (χ4n) is 4.44. The lowest BCUT2D eigenvalue weighted by Gasteiger charge is -2.33. The highest BCUT2D eigenvalue weighted by Crippen LogP contribution is 2.27. The zero-order chi connectivity index (χ0) is 19.7. The molecule has 6 heteroatoms. The van der Waals surface area contributed by atoms with Crippen molar-refractivity contribution in [3.05, 3.63) is 57.4 Å². The van der Waals surface area contributed by atoms with Crippen LogP contribution in [0.25, 0.3) is 0 Å². The normalized spacial score (nSPS) is 20.1. The van der Waals surface area contributed by atoms with Crippen LogP contribution in [0.15, 0.2) is 24.3 Å². The molecule has 28 heavy (non-hydrogen) atoms. The minimum atomic E-state index is -0.122. The van der Waals surface area contributed by atoms with Crippen molar-refractivity contribution in [2.24, 2.45) is 0 Å². The third kappa shape index (κ3) is 4.01. The van der Waals surface area contributed by atoms with E-state index >= 15 is 0 Å². The van der Waals surface area contributed by atoms with Gasteiger partial charge < -0.3 is 10.3 Å². The number of nitrogens with one attached hydrogen (secondary N) is 2. The van der Waals surface area contributed by atoms with E-state index < -0.39 is 0 Å². The standard InChI is InChI=1S/C22H26ClN3O2/c1-14-20(21-18(24-14)5-2-6-19(21)27)22(28)25-17-4-3-11-26(13-17)12-15-7-9-16(23)10-8-15/h7-10,17,24H,2-6,11-13H2,1H3,(H,25,28)/t17-/m1/s1. The molecule has 2 aliphatic rings. The molecule has 148 valence electrons. The van der Waals surface area contributed by atoms with Gasteiger partial charge in [-0.15, -0.1) is 0 Å². The molecule has 1 amide bonds. The molecule has 2 heterocycles. The number of hydrogen-bond acceptors (Lipinski definition) is 3. The summed E-state index contributed by atoms with van der Waals surface area (Å²) in [5, 5.41) is 3.93. The summed E-state index contributed by atoms with van der Waals surface area (Å²) in [6.45, 7) is 4.56. The molecule has 1 fully saturated rings. The van der Waals surface area contributed by atoms with E-state index in [9.17, 15) is 9.59 Å². The predicted molar refractivity (Wildman–Crippen MR) is 110 cm³/mol. The number of ketones is 1. The summed E-state index contributed by atoms with van der Waals surface area (Å²) in [6, 6.07) is 8.01. The maximum atomic E-state index is 13.0. The van der Waals surface area contributed by atoms with E-state index in [1.165, 1.54) is 5.56 Å². The van der Waals surface area contributed by atoms with E-state index in [2.05, 4.69) is 15.2 Å². The van der Waals surface area contributed by atoms with E-state index in [0.29, 0.717) is 17.5 Å². The number of hydrogen-bond donors (Lipinski definition) is 2. The molecule has 1 atom stereocenters. The molecule has 2 aromatic rings. The van der Waals surface area contributed by atoms with Crippen LogP contribution in [0.1, 0.15) is 63.4 Å². The van der Waals surface area contributed by atoms with Crippen LogP contribution in [-0.4, -0.2) is 40.7 Å². The number of halogens is 1. The number of nitrogens with zero attached hydrogens (tertiary/aromatic N) is 1. The maximum Gasteiger partial charge on any atom is 0.254 e. The smallest absolute Gasteiger partial charge is 0.254 e. The second-order valence-electron chi connectivity index (χ2n) is 7.93. The predicted octanol–water partition coefficient (Wildman–Crippen LogP) is 3.89. The van der Waals surface area contributed by atoms with Gasteiger partial charge in [0, 0.05) is 42.0 Å². The van der Waals surface area contributed by atoms with Gasteiger partial charge in [-0.2, -0.15) is 0 Å². The molecule has 1 aliphatic heterocycles. The fraction of sp³-hybridized carbons (Fsp3) is 0.455. The number of amides is 1. The SMILES string of the molecule is Cc1[nH]c2c(c1C(=O)N[C@@H]1CCCN(Cc3ccc(Cl)cc3)C1)C(=O)CCC2. The van der Waals surface area contributed by atoms with E-state index in [-0.39, 0.29) is 17.7 Å². The van der Waals surface area contributed by atoms with Gasteiger partial charge in [0.25, 0.3) is 5.91 Å². The Hall–Kier alpha value is -2.11. The Balaban J connectivity index is 1.43. The molecule has 1 aromatic carbocycles. The van der Waals surface area contributed by atoms with Gasteiger partial charge in [0.15, 0.2) is 5.78 Å². The molecule has 0 radical (unpaired) electrons. The number of carbonyl (C=O) groups is 2. The first-order valence-corrected chi connectivity index (χ1v) is 10.4. The van der Waals surface area contributed by atoms with E-state index in [1.807, 2.05) is 31.2 Å². The van der Waals surface area contributed by atoms with Crippen LogP contribution in [0, 0.1) is 6.92 Å². The molecule has 5 nitrogen and oxygen atoms in total. The number of fused-ring (bicyclic) bond motifs is 1. The number of aryl methyl sites for hydroxylation is 2. The average molecular weight is 400 g/mol. The van der Waals surface area contributed by atoms with Crippen molar-refractivity contribution in [1.29, 1.82) is 0 Å². The summed E-state index contributed by atoms with van der Waals surface area (Å²) in [6.07, 6.45) is 4.23. The molecule has 1 aliphatic carbocycles. The minimum Gasteiger partial charge on any atom is -0.361 e. The third-order valence-electron chi connectivity index (χ3n) is 5.76. The minimum absolute atomic E-state index is 0.0868. The average Bonchev–Trinajstić information content (AvgIpc) is 3.01. The monoisotopic (exact) mass is 399 g/mol. The number of likely N-dealkylation sites (tertiary alicyclic amines) is 1. The second kappa shape index (κ2) is 8.10. The number of piperidine rings is 1. The van der Waals surface area contributed by atoms with E-state index in [0.717, 1.165) is 61.7 Å². The summed E-state index contributed by atoms with van der Waals surface area (Å²) < 4.78 is 0. The number of aromatic amines is 1. The lowest BCUT2D eigenvalue weighted by atomic mass is 9.92. The summed E-state index contributed by atoms with van der Waals surface area (Å²) in [7, 11) is 0. The summed E-state index contributed by atoms with van der Waals surface area (Å²) in [5.74, 6) is -0.0349. The maximum absolute atomic E-state index is 13.0. The summed E-state index contributed by atoms with van der Waals surface area (Å²) in [4.78, 5) is 31.0. The van der Waals surface area contributed by atoms with Crippen LogP contribution in [0.4, 0.5) is 0 Å². The van der Waals surface area contributed by atoms with Crippen LogP contribution < -0.4 is 5.32 Å². The Morgan fingerprint density at radius 1 is 1.25 bits per heavy atom. The Morgan fingerprint density at radius 3 is 2.82 bits per heavy atom. The van der Waals surface area contributed by atoms with Gasteiger partial charge in [0.2, 0.25) is 0 Å². The Bertz CT molecular complexity index is 888. The van der Waals surface area contributed by atoms with Crippen molar-refractivity contribution < 1.29 is 9.59 Å². The van der Waals surface area contributed by atoms with Gasteiger partial charge >= 0.3 is 0 Å². The van der Waals surface area contributed by atoms with Crippen LogP contribution in [0.2, 0.25) is 5.02 Å². The number of aromatic nitrogens is 1. The highest BCUT2D eigenvalue weighted by molar-refractivity contribution is 6.30. The van der Waals surface area contributed by atoms with Gasteiger partial charge in [-0.05, 0) is 56.8 Å². The van der Waals surface area contributed by atoms with Gasteiger partial charge in [0.05, 0.1) is 11.1 Å². The molecular formula is C22H26ClN3O2. The molecule has 1 saturated heterocycles. The zero-order valence-electron chi connectivity index (χ0n) is 16.2. The fourth-order valence-corrected chi connectivity index (χ4v) is 4.57. The molecule has 0 unspecified atom stereocenters. The molecular weight excluding hydrogens is 374 g/mol. The number of rotatable bonds is 4. The van der Waals surface area contributed by atoms with Crippen LogP contribution >= 0.6 is 11.6 Å². The number of H-pyrrole nitrogens is 1. The Morgan fingerprint density at radius 2 is 2.04 bits per heavy atom. The first-order chi connectivity index (χ1) is 13.5. The largest absolute Gasteiger partial charge is 0.361 e. The highest BCUT2D eigenvalue weighted by Gasteiger charge is 2.30. The first kappa shape index (κ1) is 19.2. The molecule has 1 aromatic heterocycles. The number of carbonyl (C=O) groups excluding carboxylic acids is 2. The summed E-state index contributed by atoms with van der Waals surface area (Å²) in [5.41, 5.74) is 4.11. The lowest BCUT2D eigenvalue weighted by Crippen LogP contribution is -2.47. The first-order valence-electron chi connectivity index (χ1n) is 10.0. The summed E-state index contributed by atoms with van der Waals surface area (Å²) >= 11 is 5.97. The Kier molecular flexibility index (Phi) is 5.56. The second-order valence-corrected chi connectivity index (χ2v) is 8.37. The van der Waals surface area contributed by atoms with Crippen molar-refractivity contribution in [1.82, 2.24) is 15.2 Å². The van der Waals surface area contributed by atoms with Crippen LogP contribution in [0.5, 0.6) is 0 Å². The number of Topliss-reactive ketones (excluding diaryl/α,β-unsaturated/α-hetero) is 1. The molecule has 0 bridgehead atoms. The molecule has 0 spiro atoms. The molecule has 4 rings (SSSR count). The van der Waals surface area contributed by atoms with Gasteiger partial charge in [-0.25, -0.2) is 0 Å². The quantitative estimate of drug-likeness (QED) is 0.819. The topological polar surface area (TPSA) is 65.2 Å². The van der Waals surface area contributed by atoms with Crippen molar-refractivity contribution in [2.45, 2.75) is 51.6 Å². The van der Waals surface area contributed by atoms with Gasteiger partial charge in [0.1, 0.15) is 0 Å². The van der Waals surface area contributed by atoms with E-state index in [1.54, 1.807) is 0 Å². The molecule has 2 N–H and O–H groups in total.